The van der Waals surface area contributed by atoms with Gasteiger partial charge in [-0.2, -0.15) is 0 Å². The van der Waals surface area contributed by atoms with Gasteiger partial charge in [0.05, 0.1) is 5.60 Å². The third kappa shape index (κ3) is 4.02. The number of nitrogens with one attached hydrogen (secondary N) is 2. The van der Waals surface area contributed by atoms with Gasteiger partial charge in [-0.05, 0) is 13.8 Å². The van der Waals surface area contributed by atoms with Crippen molar-refractivity contribution in [1.82, 2.24) is 19.8 Å². The van der Waals surface area contributed by atoms with Crippen molar-refractivity contribution in [3.8, 4) is 0 Å². The zero-order valence-electron chi connectivity index (χ0n) is 12.2. The highest BCUT2D eigenvalue weighted by atomic mass is 16.3. The van der Waals surface area contributed by atoms with Gasteiger partial charge in [0.2, 0.25) is 0 Å². The van der Waals surface area contributed by atoms with E-state index in [4.69, 9.17) is 0 Å². The predicted octanol–water partition coefficient (Wildman–Crippen LogP) is -1.41. The Labute approximate surface area is 121 Å². The second-order valence-corrected chi connectivity index (χ2v) is 5.87. The summed E-state index contributed by atoms with van der Waals surface area (Å²) in [5.41, 5.74) is -2.15. The van der Waals surface area contributed by atoms with Gasteiger partial charge < -0.3 is 15.0 Å². The topological polar surface area (TPSA) is 110 Å². The molecule has 0 spiro atoms. The van der Waals surface area contributed by atoms with Gasteiger partial charge in [0.1, 0.15) is 5.56 Å². The molecule has 0 saturated carbocycles. The quantitative estimate of drug-likeness (QED) is 0.635. The Kier molecular flexibility index (Phi) is 4.29. The summed E-state index contributed by atoms with van der Waals surface area (Å²) in [6.07, 6.45) is 1.15. The normalized spacial score (nSPS) is 17.0. The minimum Gasteiger partial charge on any atom is -0.389 e. The van der Waals surface area contributed by atoms with Gasteiger partial charge in [-0.3, -0.25) is 19.5 Å². The Hall–Kier alpha value is -1.93. The summed E-state index contributed by atoms with van der Waals surface area (Å²) in [5.74, 6) is -0.393. The van der Waals surface area contributed by atoms with Crippen molar-refractivity contribution < 1.29 is 9.90 Å². The van der Waals surface area contributed by atoms with Crippen LogP contribution in [0.3, 0.4) is 0 Å². The second-order valence-electron chi connectivity index (χ2n) is 5.87. The number of rotatable bonds is 3. The van der Waals surface area contributed by atoms with Crippen molar-refractivity contribution in [1.29, 1.82) is 0 Å². The van der Waals surface area contributed by atoms with Crippen molar-refractivity contribution in [3.63, 3.8) is 0 Å². The van der Waals surface area contributed by atoms with Crippen LogP contribution in [0.25, 0.3) is 0 Å². The maximum absolute atomic E-state index is 12.2. The Bertz CT molecular complexity index is 620. The van der Waals surface area contributed by atoms with Gasteiger partial charge in [0.15, 0.2) is 0 Å². The molecule has 1 fully saturated rings. The van der Waals surface area contributed by atoms with E-state index in [2.05, 4.69) is 9.88 Å². The summed E-state index contributed by atoms with van der Waals surface area (Å²) in [6, 6.07) is 0. The van der Waals surface area contributed by atoms with Crippen molar-refractivity contribution in [2.75, 3.05) is 32.7 Å². The van der Waals surface area contributed by atoms with E-state index in [1.165, 1.54) is 0 Å². The average Bonchev–Trinajstić information content (AvgIpc) is 2.37. The van der Waals surface area contributed by atoms with Crippen LogP contribution in [-0.4, -0.2) is 69.1 Å². The molecule has 0 radical (unpaired) electrons. The molecule has 0 aliphatic carbocycles. The Balaban J connectivity index is 2.00. The number of aliphatic hydroxyl groups is 1. The molecule has 2 heterocycles. The lowest BCUT2D eigenvalue weighted by Gasteiger charge is -2.37. The maximum Gasteiger partial charge on any atom is 0.325 e. The minimum absolute atomic E-state index is 0.0643. The number of hydrogen-bond acceptors (Lipinski definition) is 5. The van der Waals surface area contributed by atoms with E-state index in [0.717, 1.165) is 6.20 Å². The Morgan fingerprint density at radius 3 is 2.43 bits per heavy atom. The molecule has 1 aromatic rings. The van der Waals surface area contributed by atoms with Gasteiger partial charge in [-0.1, -0.05) is 0 Å². The van der Waals surface area contributed by atoms with Crippen LogP contribution in [0.15, 0.2) is 15.8 Å². The molecule has 2 rings (SSSR count). The van der Waals surface area contributed by atoms with E-state index in [-0.39, 0.29) is 5.56 Å². The molecule has 0 unspecified atom stereocenters. The highest BCUT2D eigenvalue weighted by Gasteiger charge is 2.26. The fourth-order valence-electron chi connectivity index (χ4n) is 2.40. The molecule has 0 aromatic carbocycles. The first kappa shape index (κ1) is 15.5. The summed E-state index contributed by atoms with van der Waals surface area (Å²) in [4.78, 5) is 42.8. The van der Waals surface area contributed by atoms with Crippen molar-refractivity contribution >= 4 is 5.91 Å². The molecule has 116 valence electrons. The molecule has 0 atom stereocenters. The number of hydrogen-bond donors (Lipinski definition) is 3. The van der Waals surface area contributed by atoms with E-state index in [9.17, 15) is 19.5 Å². The first-order valence-corrected chi connectivity index (χ1v) is 6.82. The average molecular weight is 296 g/mol. The number of carbonyl (C=O) groups is 1. The summed E-state index contributed by atoms with van der Waals surface area (Å²) >= 11 is 0. The number of aromatic nitrogens is 2. The SMILES string of the molecule is CC(C)(O)CN1CCN(C(=O)c2c[nH]c(=O)[nH]c2=O)CC1. The summed E-state index contributed by atoms with van der Waals surface area (Å²) < 4.78 is 0. The maximum atomic E-state index is 12.2. The Morgan fingerprint density at radius 2 is 1.90 bits per heavy atom. The number of carbonyl (C=O) groups excluding carboxylic acids is 1. The van der Waals surface area contributed by atoms with Crippen LogP contribution in [0, 0.1) is 0 Å². The fraction of sp³-hybridized carbons (Fsp3) is 0.615. The third-order valence-electron chi connectivity index (χ3n) is 3.32. The van der Waals surface area contributed by atoms with E-state index in [1.807, 2.05) is 4.98 Å². The van der Waals surface area contributed by atoms with Gasteiger partial charge >= 0.3 is 5.69 Å². The number of piperazine rings is 1. The molecule has 3 N–H and O–H groups in total. The summed E-state index contributed by atoms with van der Waals surface area (Å²) in [6.45, 7) is 6.25. The van der Waals surface area contributed by atoms with Crippen LogP contribution in [0.5, 0.6) is 0 Å². The highest BCUT2D eigenvalue weighted by molar-refractivity contribution is 5.93. The van der Waals surface area contributed by atoms with Gasteiger partial charge in [0, 0.05) is 38.9 Å². The second kappa shape index (κ2) is 5.82. The number of amides is 1. The zero-order chi connectivity index (χ0) is 15.6. The third-order valence-corrected chi connectivity index (χ3v) is 3.32. The zero-order valence-corrected chi connectivity index (χ0v) is 12.2. The van der Waals surface area contributed by atoms with Crippen LogP contribution in [0.1, 0.15) is 24.2 Å². The molecule has 8 nitrogen and oxygen atoms in total. The van der Waals surface area contributed by atoms with Gasteiger partial charge in [-0.25, -0.2) is 4.79 Å². The molecule has 1 amide bonds. The number of aromatic amines is 2. The van der Waals surface area contributed by atoms with Crippen LogP contribution >= 0.6 is 0 Å². The van der Waals surface area contributed by atoms with Gasteiger partial charge in [0.25, 0.3) is 11.5 Å². The number of nitrogens with zero attached hydrogens (tertiary/aromatic N) is 2. The minimum atomic E-state index is -0.776. The standard InChI is InChI=1S/C13H20N4O4/c1-13(2,21)8-16-3-5-17(6-4-16)11(19)9-7-14-12(20)15-10(9)18/h7,21H,3-6,8H2,1-2H3,(H2,14,15,18,20). The lowest BCUT2D eigenvalue weighted by molar-refractivity contribution is 0.0178. The smallest absolute Gasteiger partial charge is 0.325 e. The summed E-state index contributed by atoms with van der Waals surface area (Å²) in [5, 5.41) is 9.78. The van der Waals surface area contributed by atoms with Crippen molar-refractivity contribution in [2.24, 2.45) is 0 Å². The van der Waals surface area contributed by atoms with E-state index in [1.54, 1.807) is 18.7 Å². The van der Waals surface area contributed by atoms with E-state index in [0.29, 0.717) is 32.7 Å². The van der Waals surface area contributed by atoms with Crippen LogP contribution in [0.4, 0.5) is 0 Å². The van der Waals surface area contributed by atoms with Gasteiger partial charge in [-0.15, -0.1) is 0 Å². The molecule has 1 aliphatic heterocycles. The van der Waals surface area contributed by atoms with E-state index >= 15 is 0 Å². The summed E-state index contributed by atoms with van der Waals surface area (Å²) in [7, 11) is 0. The van der Waals surface area contributed by atoms with Crippen LogP contribution in [-0.2, 0) is 0 Å². The molecule has 0 bridgehead atoms. The molecule has 8 heteroatoms. The van der Waals surface area contributed by atoms with Crippen LogP contribution in [0.2, 0.25) is 0 Å². The lowest BCUT2D eigenvalue weighted by atomic mass is 10.1. The Morgan fingerprint density at radius 1 is 1.29 bits per heavy atom. The molecule has 1 aliphatic rings. The highest BCUT2D eigenvalue weighted by Crippen LogP contribution is 2.10. The largest absolute Gasteiger partial charge is 0.389 e. The first-order chi connectivity index (χ1) is 9.76. The van der Waals surface area contributed by atoms with Crippen LogP contribution < -0.4 is 11.2 Å². The number of β-amino-alcohol motifs (C(OH)–C–C–N with tert-alkyl or cyclic N) is 1. The molecular formula is C13H20N4O4. The van der Waals surface area contributed by atoms with Crippen molar-refractivity contribution in [3.05, 3.63) is 32.6 Å². The monoisotopic (exact) mass is 296 g/mol. The van der Waals surface area contributed by atoms with Crippen molar-refractivity contribution in [2.45, 2.75) is 19.4 Å². The predicted molar refractivity (Wildman–Crippen MR) is 76.3 cm³/mol. The first-order valence-electron chi connectivity index (χ1n) is 6.82. The fourth-order valence-corrected chi connectivity index (χ4v) is 2.40. The van der Waals surface area contributed by atoms with E-state index < -0.39 is 22.8 Å². The molecule has 1 saturated heterocycles. The molecular weight excluding hydrogens is 276 g/mol. The molecule has 21 heavy (non-hydrogen) atoms. The molecule has 1 aromatic heterocycles. The lowest BCUT2D eigenvalue weighted by Crippen LogP contribution is -2.52. The number of H-pyrrole nitrogens is 2.